The van der Waals surface area contributed by atoms with Crippen LogP contribution in [-0.4, -0.2) is 61.8 Å². The van der Waals surface area contributed by atoms with Crippen molar-refractivity contribution in [2.45, 2.75) is 72.6 Å². The number of rotatable bonds is 15. The number of hydrogen-bond acceptors (Lipinski definition) is 4. The molecular weight excluding hydrogens is 521 g/mol. The van der Waals surface area contributed by atoms with Crippen LogP contribution >= 0.6 is 7.92 Å². The Balaban J connectivity index is 0.00000254. The molecule has 0 fully saturated rings. The molecule has 3 N–H and O–H groups in total. The number of amides is 3. The van der Waals surface area contributed by atoms with E-state index in [2.05, 4.69) is 75.8 Å². The number of methoxy groups -OCH3 is 1. The number of benzene rings is 2. The molecule has 40 heavy (non-hydrogen) atoms. The largest absolute Gasteiger partial charge is 0.380 e. The van der Waals surface area contributed by atoms with Crippen LogP contribution in [0.2, 0.25) is 0 Å². The second-order valence-electron chi connectivity index (χ2n) is 10.5. The molecule has 0 spiro atoms. The van der Waals surface area contributed by atoms with Gasteiger partial charge in [-0.15, -0.1) is 7.92 Å². The molecule has 2 unspecified atom stereocenters. The molecule has 7 nitrogen and oxygen atoms in total. The number of unbranched alkanes of at least 4 members (excludes halogenated alkanes) is 1. The minimum Gasteiger partial charge on any atom is -0.380 e. The molecule has 2 rings (SSSR count). The van der Waals surface area contributed by atoms with E-state index in [1.54, 1.807) is 14.0 Å². The summed E-state index contributed by atoms with van der Waals surface area (Å²) in [4.78, 5) is 39.6. The highest BCUT2D eigenvalue weighted by atomic mass is 31.1. The van der Waals surface area contributed by atoms with E-state index in [-0.39, 0.29) is 18.2 Å². The van der Waals surface area contributed by atoms with Crippen molar-refractivity contribution in [2.75, 3.05) is 33.1 Å². The number of nitrogens with one attached hydrogen (secondary N) is 1. The average Bonchev–Trinajstić information content (AvgIpc) is 2.91. The smallest absolute Gasteiger partial charge is 0.245 e. The topological polar surface area (TPSA) is 102 Å². The molecular formula is C32H50N3O4P. The van der Waals surface area contributed by atoms with Crippen LogP contribution < -0.4 is 11.1 Å². The maximum Gasteiger partial charge on any atom is 0.245 e. The van der Waals surface area contributed by atoms with Crippen molar-refractivity contribution in [1.82, 2.24) is 10.2 Å². The molecule has 0 radical (unpaired) electrons. The van der Waals surface area contributed by atoms with Crippen LogP contribution in [0.4, 0.5) is 0 Å². The van der Waals surface area contributed by atoms with E-state index >= 15 is 0 Å². The Bertz CT molecular complexity index is 1040. The molecule has 0 aromatic heterocycles. The normalized spacial score (nSPS) is 12.2. The van der Waals surface area contributed by atoms with Gasteiger partial charge in [0.2, 0.25) is 17.7 Å². The molecule has 8 heteroatoms. The lowest BCUT2D eigenvalue weighted by Crippen LogP contribution is -2.49. The molecule has 0 heterocycles. The van der Waals surface area contributed by atoms with Gasteiger partial charge in [-0.2, -0.15) is 0 Å². The number of carbonyl (C=O) groups is 3. The Morgan fingerprint density at radius 1 is 1.00 bits per heavy atom. The maximum absolute atomic E-state index is 13.4. The van der Waals surface area contributed by atoms with Crippen LogP contribution in [0.5, 0.6) is 0 Å². The summed E-state index contributed by atoms with van der Waals surface area (Å²) in [5.41, 5.74) is 9.68. The van der Waals surface area contributed by atoms with Crippen LogP contribution in [0.1, 0.15) is 64.5 Å². The summed E-state index contributed by atoms with van der Waals surface area (Å²) >= 11 is 0. The van der Waals surface area contributed by atoms with Gasteiger partial charge in [0.25, 0.3) is 0 Å². The quantitative estimate of drug-likeness (QED) is 0.265. The third kappa shape index (κ3) is 13.1. The van der Waals surface area contributed by atoms with Crippen LogP contribution in [0.15, 0.2) is 48.5 Å². The van der Waals surface area contributed by atoms with Crippen molar-refractivity contribution >= 4 is 25.6 Å². The number of hydrogen-bond donors (Lipinski definition) is 2. The van der Waals surface area contributed by atoms with Crippen molar-refractivity contribution in [2.24, 2.45) is 11.7 Å². The fraction of sp³-hybridized carbons (Fsp3) is 0.531. The Hall–Kier alpha value is -2.76. The molecule has 0 saturated heterocycles. The van der Waals surface area contributed by atoms with Crippen LogP contribution in [0, 0.1) is 5.92 Å². The number of carbonyl (C=O) groups excluding carboxylic acids is 3. The maximum atomic E-state index is 13.4. The Morgan fingerprint density at radius 3 is 2.20 bits per heavy atom. The van der Waals surface area contributed by atoms with E-state index in [0.717, 1.165) is 35.1 Å². The fourth-order valence-corrected chi connectivity index (χ4v) is 5.41. The molecule has 0 aliphatic heterocycles. The highest BCUT2D eigenvalue weighted by Gasteiger charge is 2.27. The fourth-order valence-electron chi connectivity index (χ4n) is 4.24. The first kappa shape index (κ1) is 35.3. The molecule has 0 aliphatic rings. The first-order chi connectivity index (χ1) is 19.1. The molecule has 2 aromatic carbocycles. The van der Waals surface area contributed by atoms with Crippen molar-refractivity contribution in [3.8, 4) is 11.1 Å². The summed E-state index contributed by atoms with van der Waals surface area (Å²) in [5, 5.41) is 2.85. The van der Waals surface area contributed by atoms with Gasteiger partial charge in [0, 0.05) is 26.6 Å². The zero-order valence-electron chi connectivity index (χ0n) is 25.5. The second kappa shape index (κ2) is 19.3. The summed E-state index contributed by atoms with van der Waals surface area (Å²) in [6.07, 6.45) is 3.67. The number of primary amides is 1. The molecule has 0 saturated carbocycles. The minimum atomic E-state index is -0.698. The van der Waals surface area contributed by atoms with E-state index < -0.39 is 25.8 Å². The summed E-state index contributed by atoms with van der Waals surface area (Å²) in [7, 11) is 1.29. The van der Waals surface area contributed by atoms with Gasteiger partial charge in [-0.3, -0.25) is 14.4 Å². The van der Waals surface area contributed by atoms with Crippen molar-refractivity contribution in [3.05, 3.63) is 59.7 Å². The Kier molecular flexibility index (Phi) is 17.1. The lowest BCUT2D eigenvalue weighted by Gasteiger charge is -2.28. The number of nitrogens with zero attached hydrogens (tertiary/aromatic N) is 1. The van der Waals surface area contributed by atoms with Gasteiger partial charge in [0.05, 0.1) is 12.5 Å². The molecule has 2 atom stereocenters. The first-order valence-corrected chi connectivity index (χ1v) is 16.7. The monoisotopic (exact) mass is 571 g/mol. The molecule has 3 amide bonds. The third-order valence-electron chi connectivity index (χ3n) is 6.13. The molecule has 0 bridgehead atoms. The molecule has 222 valence electrons. The highest BCUT2D eigenvalue weighted by molar-refractivity contribution is 7.56. The SMILES string of the molecule is CCC.CCCCN(Cc1cccc(-c2ccc(COC)cc2)c1)C(=O)C(C)NC(=O)C(CC(N)=O)CP(C)C. The molecule has 0 aliphatic carbocycles. The Labute approximate surface area is 243 Å². The van der Waals surface area contributed by atoms with Gasteiger partial charge in [-0.25, -0.2) is 0 Å². The van der Waals surface area contributed by atoms with Crippen LogP contribution in [-0.2, 0) is 32.3 Å². The highest BCUT2D eigenvalue weighted by Crippen LogP contribution is 2.29. The summed E-state index contributed by atoms with van der Waals surface area (Å²) in [5.74, 6) is -1.44. The number of ether oxygens (including phenoxy) is 1. The average molecular weight is 572 g/mol. The lowest BCUT2D eigenvalue weighted by atomic mass is 10.0. The van der Waals surface area contributed by atoms with E-state index in [0.29, 0.717) is 25.9 Å². The van der Waals surface area contributed by atoms with Crippen molar-refractivity contribution in [1.29, 1.82) is 0 Å². The zero-order valence-corrected chi connectivity index (χ0v) is 26.4. The van der Waals surface area contributed by atoms with E-state index in [9.17, 15) is 14.4 Å². The van der Waals surface area contributed by atoms with Crippen LogP contribution in [0.25, 0.3) is 11.1 Å². The van der Waals surface area contributed by atoms with Gasteiger partial charge < -0.3 is 20.7 Å². The minimum absolute atomic E-state index is 0.00789. The van der Waals surface area contributed by atoms with Crippen molar-refractivity contribution < 1.29 is 19.1 Å². The lowest BCUT2D eigenvalue weighted by molar-refractivity contribution is -0.137. The van der Waals surface area contributed by atoms with Gasteiger partial charge in [0.1, 0.15) is 6.04 Å². The summed E-state index contributed by atoms with van der Waals surface area (Å²) in [6, 6.07) is 15.8. The predicted molar refractivity (Wildman–Crippen MR) is 167 cm³/mol. The second-order valence-corrected chi connectivity index (χ2v) is 13.0. The van der Waals surface area contributed by atoms with Gasteiger partial charge in [-0.1, -0.05) is 76.1 Å². The van der Waals surface area contributed by atoms with Gasteiger partial charge >= 0.3 is 0 Å². The summed E-state index contributed by atoms with van der Waals surface area (Å²) < 4.78 is 5.20. The predicted octanol–water partition coefficient (Wildman–Crippen LogP) is 5.78. The molecule has 2 aromatic rings. The van der Waals surface area contributed by atoms with Gasteiger partial charge in [-0.05, 0) is 61.2 Å². The number of nitrogens with two attached hydrogens (primary N) is 1. The summed E-state index contributed by atoms with van der Waals surface area (Å²) in [6.45, 7) is 13.8. The first-order valence-electron chi connectivity index (χ1n) is 14.2. The van der Waals surface area contributed by atoms with E-state index in [1.807, 2.05) is 17.0 Å². The van der Waals surface area contributed by atoms with Gasteiger partial charge in [0.15, 0.2) is 0 Å². The van der Waals surface area contributed by atoms with Crippen LogP contribution in [0.3, 0.4) is 0 Å². The zero-order chi connectivity index (χ0) is 30.1. The van der Waals surface area contributed by atoms with E-state index in [4.69, 9.17) is 10.5 Å². The standard InChI is InChI=1S/C29H42N3O4P.C3H8/c1-6-7-15-32(29(35)21(2)31-28(34)26(17-27(30)33)20-37(4)5)18-23-9-8-10-25(16-23)24-13-11-22(12-14-24)19-36-3;1-3-2/h8-14,16,21,26H,6-7,15,17-20H2,1-5H3,(H2,30,33)(H,31,34);3H2,1-2H3. The Morgan fingerprint density at radius 2 is 1.65 bits per heavy atom. The van der Waals surface area contributed by atoms with Crippen molar-refractivity contribution in [3.63, 3.8) is 0 Å². The third-order valence-corrected chi connectivity index (χ3v) is 7.30. The van der Waals surface area contributed by atoms with E-state index in [1.165, 1.54) is 6.42 Å².